The van der Waals surface area contributed by atoms with Crippen molar-refractivity contribution in [2.24, 2.45) is 11.7 Å². The fourth-order valence-corrected chi connectivity index (χ4v) is 4.43. The maximum absolute atomic E-state index is 15.3. The van der Waals surface area contributed by atoms with Gasteiger partial charge in [-0.15, -0.1) is 0 Å². The molecule has 0 amide bonds. The van der Waals surface area contributed by atoms with Crippen LogP contribution in [-0.4, -0.2) is 49.2 Å². The third kappa shape index (κ3) is 3.33. The van der Waals surface area contributed by atoms with E-state index in [9.17, 15) is 9.59 Å². The Bertz CT molecular complexity index is 1080. The van der Waals surface area contributed by atoms with E-state index < -0.39 is 17.1 Å². The van der Waals surface area contributed by atoms with Crippen molar-refractivity contribution in [3.8, 4) is 5.75 Å². The van der Waals surface area contributed by atoms with E-state index in [-0.39, 0.29) is 34.8 Å². The SMILES string of the molecule is COCC[C@H](N)C1CCN(c2c(F)cc3c(=O)n(N)c(=O)n(C4CC4)c3c2OC)C1. The third-order valence-electron chi connectivity index (χ3n) is 6.20. The fraction of sp³-hybridized carbons (Fsp3) is 0.600. The average molecular weight is 421 g/mol. The van der Waals surface area contributed by atoms with Crippen LogP contribution in [0.25, 0.3) is 10.9 Å². The van der Waals surface area contributed by atoms with Crippen LogP contribution in [0.5, 0.6) is 5.75 Å². The third-order valence-corrected chi connectivity index (χ3v) is 6.20. The highest BCUT2D eigenvalue weighted by Gasteiger charge is 2.35. The Kier molecular flexibility index (Phi) is 5.46. The number of nitrogen functional groups attached to an aromatic ring is 1. The summed E-state index contributed by atoms with van der Waals surface area (Å²) in [5.74, 6) is 5.48. The van der Waals surface area contributed by atoms with Gasteiger partial charge in [-0.25, -0.2) is 9.18 Å². The number of nitrogens with two attached hydrogens (primary N) is 2. The van der Waals surface area contributed by atoms with Crippen molar-refractivity contribution in [1.82, 2.24) is 9.24 Å². The molecule has 2 heterocycles. The van der Waals surface area contributed by atoms with Crippen LogP contribution in [0.4, 0.5) is 10.1 Å². The zero-order valence-electron chi connectivity index (χ0n) is 17.3. The summed E-state index contributed by atoms with van der Waals surface area (Å²) in [7, 11) is 3.06. The van der Waals surface area contributed by atoms with Crippen molar-refractivity contribution >= 4 is 16.6 Å². The number of halogens is 1. The molecule has 0 bridgehead atoms. The molecule has 30 heavy (non-hydrogen) atoms. The summed E-state index contributed by atoms with van der Waals surface area (Å²) in [5.41, 5.74) is 5.50. The summed E-state index contributed by atoms with van der Waals surface area (Å²) >= 11 is 0. The molecule has 9 nitrogen and oxygen atoms in total. The Labute approximate surface area is 172 Å². The summed E-state index contributed by atoms with van der Waals surface area (Å²) in [6.45, 7) is 1.74. The number of aromatic nitrogens is 2. The van der Waals surface area contributed by atoms with Gasteiger partial charge in [0.15, 0.2) is 11.6 Å². The van der Waals surface area contributed by atoms with Gasteiger partial charge in [-0.2, -0.15) is 4.68 Å². The molecule has 1 unspecified atom stereocenters. The minimum absolute atomic E-state index is 0.0367. The second-order valence-corrected chi connectivity index (χ2v) is 8.14. The van der Waals surface area contributed by atoms with Gasteiger partial charge in [0.25, 0.3) is 5.56 Å². The first-order valence-corrected chi connectivity index (χ1v) is 10.2. The van der Waals surface area contributed by atoms with Crippen molar-refractivity contribution in [1.29, 1.82) is 0 Å². The Hall–Kier alpha value is -2.59. The van der Waals surface area contributed by atoms with Gasteiger partial charge < -0.3 is 25.9 Å². The topological polar surface area (TPSA) is 118 Å². The van der Waals surface area contributed by atoms with Crippen molar-refractivity contribution in [3.05, 3.63) is 32.7 Å². The first-order valence-electron chi connectivity index (χ1n) is 10.2. The number of hydrogen-bond acceptors (Lipinski definition) is 7. The maximum atomic E-state index is 15.3. The van der Waals surface area contributed by atoms with Crippen molar-refractivity contribution in [2.45, 2.75) is 37.8 Å². The summed E-state index contributed by atoms with van der Waals surface area (Å²) < 4.78 is 28.0. The van der Waals surface area contributed by atoms with E-state index in [0.29, 0.717) is 29.9 Å². The molecular weight excluding hydrogens is 393 g/mol. The molecule has 1 aromatic heterocycles. The molecule has 4 N–H and O–H groups in total. The maximum Gasteiger partial charge on any atom is 0.350 e. The molecule has 1 saturated carbocycles. The largest absolute Gasteiger partial charge is 0.492 e. The van der Waals surface area contributed by atoms with Crippen LogP contribution in [0.2, 0.25) is 0 Å². The van der Waals surface area contributed by atoms with Crippen molar-refractivity contribution in [3.63, 3.8) is 0 Å². The molecule has 1 aliphatic carbocycles. The molecule has 0 spiro atoms. The van der Waals surface area contributed by atoms with Gasteiger partial charge in [-0.3, -0.25) is 9.36 Å². The summed E-state index contributed by atoms with van der Waals surface area (Å²) in [4.78, 5) is 27.2. The number of nitrogens with zero attached hydrogens (tertiary/aromatic N) is 3. The molecule has 1 saturated heterocycles. The number of methoxy groups -OCH3 is 2. The van der Waals surface area contributed by atoms with Crippen molar-refractivity contribution < 1.29 is 13.9 Å². The molecule has 1 aromatic carbocycles. The molecule has 1 aliphatic heterocycles. The zero-order chi connectivity index (χ0) is 21.6. The number of hydrogen-bond donors (Lipinski definition) is 2. The predicted octanol–water partition coefficient (Wildman–Crippen LogP) is 0.550. The van der Waals surface area contributed by atoms with Crippen LogP contribution in [0.3, 0.4) is 0 Å². The molecule has 2 atom stereocenters. The number of ether oxygens (including phenoxy) is 2. The van der Waals surface area contributed by atoms with Gasteiger partial charge in [0.2, 0.25) is 0 Å². The lowest BCUT2D eigenvalue weighted by atomic mass is 9.97. The molecule has 164 valence electrons. The standard InChI is InChI=1S/C20H28FN5O4/c1-29-8-6-15(22)11-5-7-24(10-11)17-14(21)9-13-16(18(17)30-2)25(12-3-4-12)20(28)26(23)19(13)27/h9,11-12,15H,3-8,10,22-23H2,1-2H3/t11?,15-/m0/s1. The Morgan fingerprint density at radius 1 is 1.27 bits per heavy atom. The van der Waals surface area contributed by atoms with Gasteiger partial charge in [0.1, 0.15) is 11.2 Å². The quantitative estimate of drug-likeness (QED) is 0.627. The summed E-state index contributed by atoms with van der Waals surface area (Å²) in [6, 6.07) is 1.03. The number of benzene rings is 1. The second kappa shape index (κ2) is 7.92. The van der Waals surface area contributed by atoms with Gasteiger partial charge in [-0.1, -0.05) is 0 Å². The predicted molar refractivity (Wildman–Crippen MR) is 112 cm³/mol. The van der Waals surface area contributed by atoms with E-state index in [1.54, 1.807) is 7.11 Å². The summed E-state index contributed by atoms with van der Waals surface area (Å²) in [5, 5.41) is 0.0367. The van der Waals surface area contributed by atoms with E-state index in [0.717, 1.165) is 31.7 Å². The van der Waals surface area contributed by atoms with Gasteiger partial charge in [0.05, 0.1) is 12.5 Å². The minimum Gasteiger partial charge on any atom is -0.492 e. The first kappa shape index (κ1) is 20.7. The van der Waals surface area contributed by atoms with E-state index in [1.807, 2.05) is 4.90 Å². The molecular formula is C20H28FN5O4. The van der Waals surface area contributed by atoms with E-state index in [4.69, 9.17) is 21.1 Å². The second-order valence-electron chi connectivity index (χ2n) is 8.14. The van der Waals surface area contributed by atoms with E-state index in [1.165, 1.54) is 11.7 Å². The Balaban J connectivity index is 1.83. The van der Waals surface area contributed by atoms with Crippen LogP contribution in [-0.2, 0) is 4.74 Å². The van der Waals surface area contributed by atoms with Gasteiger partial charge in [-0.05, 0) is 37.7 Å². The van der Waals surface area contributed by atoms with Gasteiger partial charge >= 0.3 is 5.69 Å². The van der Waals surface area contributed by atoms with Crippen molar-refractivity contribution in [2.75, 3.05) is 44.7 Å². The molecule has 2 aliphatic rings. The highest BCUT2D eigenvalue weighted by atomic mass is 19.1. The minimum atomic E-state index is -0.739. The van der Waals surface area contributed by atoms with Crippen LogP contribution < -0.4 is 32.5 Å². The number of fused-ring (bicyclic) bond motifs is 1. The number of anilines is 1. The highest BCUT2D eigenvalue weighted by molar-refractivity contribution is 5.91. The van der Waals surface area contributed by atoms with E-state index in [2.05, 4.69) is 0 Å². The normalized spacial score (nSPS) is 20.1. The Morgan fingerprint density at radius 2 is 2.00 bits per heavy atom. The molecule has 2 aromatic rings. The van der Waals surface area contributed by atoms with Crippen LogP contribution in [0.15, 0.2) is 15.7 Å². The lowest BCUT2D eigenvalue weighted by molar-refractivity contribution is 0.180. The molecule has 2 fully saturated rings. The average Bonchev–Trinajstić information content (AvgIpc) is 3.45. The van der Waals surface area contributed by atoms with E-state index >= 15 is 4.39 Å². The van der Waals surface area contributed by atoms with Gasteiger partial charge in [0, 0.05) is 38.9 Å². The van der Waals surface area contributed by atoms with Crippen LogP contribution in [0, 0.1) is 11.7 Å². The zero-order valence-corrected chi connectivity index (χ0v) is 17.3. The lowest BCUT2D eigenvalue weighted by Crippen LogP contribution is -2.44. The lowest BCUT2D eigenvalue weighted by Gasteiger charge is -2.25. The molecule has 4 rings (SSSR count). The highest BCUT2D eigenvalue weighted by Crippen LogP contribution is 2.43. The smallest absolute Gasteiger partial charge is 0.350 e. The summed E-state index contributed by atoms with van der Waals surface area (Å²) in [6.07, 6.45) is 3.13. The van der Waals surface area contributed by atoms with Crippen LogP contribution >= 0.6 is 0 Å². The van der Waals surface area contributed by atoms with Crippen LogP contribution in [0.1, 0.15) is 31.7 Å². The Morgan fingerprint density at radius 3 is 2.63 bits per heavy atom. The molecule has 0 radical (unpaired) electrons. The monoisotopic (exact) mass is 421 g/mol. The number of rotatable bonds is 7. The first-order chi connectivity index (χ1) is 14.4. The molecule has 10 heteroatoms. The fourth-order valence-electron chi connectivity index (χ4n) is 4.43.